The van der Waals surface area contributed by atoms with Gasteiger partial charge >= 0.3 is 17.9 Å². The van der Waals surface area contributed by atoms with Crippen molar-refractivity contribution in [3.05, 3.63) is 12.2 Å². The lowest BCUT2D eigenvalue weighted by atomic mass is 10.1. The molecule has 1 aliphatic heterocycles. The van der Waals surface area contributed by atoms with Crippen LogP contribution in [-0.2, 0) is 38.3 Å². The van der Waals surface area contributed by atoms with Crippen LogP contribution in [-0.4, -0.2) is 46.5 Å². The van der Waals surface area contributed by atoms with Crippen LogP contribution < -0.4 is 0 Å². The highest BCUT2D eigenvalue weighted by Gasteiger charge is 2.37. The lowest BCUT2D eigenvalue weighted by molar-refractivity contribution is -0.207. The first-order valence-corrected chi connectivity index (χ1v) is 14.7. The molecule has 0 spiro atoms. The van der Waals surface area contributed by atoms with Crippen molar-refractivity contribution in [2.24, 2.45) is 0 Å². The Morgan fingerprint density at radius 3 is 1.85 bits per heavy atom. The molecule has 39 heavy (non-hydrogen) atoms. The molecule has 2 amide bonds. The Balaban J connectivity index is 2.32. The SMILES string of the molecule is CCCCCCCC/C=C\CCCCCCCC(=O)O[C@@H](CC(=O)OC(C)(C)C)C(=O)ON1C(=O)CCC1=O. The van der Waals surface area contributed by atoms with Crippen molar-refractivity contribution in [3.63, 3.8) is 0 Å². The van der Waals surface area contributed by atoms with Gasteiger partial charge in [0.2, 0.25) is 6.10 Å². The molecular weight excluding hydrogens is 502 g/mol. The molecule has 0 aromatic carbocycles. The second-order valence-corrected chi connectivity index (χ2v) is 11.1. The van der Waals surface area contributed by atoms with Gasteiger partial charge in [0.05, 0.1) is 6.42 Å². The molecule has 0 radical (unpaired) electrons. The second kappa shape index (κ2) is 19.4. The summed E-state index contributed by atoms with van der Waals surface area (Å²) in [4.78, 5) is 65.6. The van der Waals surface area contributed by atoms with E-state index < -0.39 is 47.8 Å². The highest BCUT2D eigenvalue weighted by molar-refractivity contribution is 6.02. The van der Waals surface area contributed by atoms with Gasteiger partial charge in [-0.1, -0.05) is 70.4 Å². The van der Waals surface area contributed by atoms with Crippen molar-refractivity contribution >= 4 is 29.7 Å². The molecule has 9 nitrogen and oxygen atoms in total. The third kappa shape index (κ3) is 16.8. The summed E-state index contributed by atoms with van der Waals surface area (Å²) in [6.07, 6.45) is 17.0. The van der Waals surface area contributed by atoms with Crippen molar-refractivity contribution < 1.29 is 38.3 Å². The van der Waals surface area contributed by atoms with E-state index in [1.807, 2.05) is 0 Å². The summed E-state index contributed by atoms with van der Waals surface area (Å²) < 4.78 is 10.4. The van der Waals surface area contributed by atoms with Crippen LogP contribution in [0.4, 0.5) is 0 Å². The summed E-state index contributed by atoms with van der Waals surface area (Å²) in [7, 11) is 0. The first kappa shape index (κ1) is 34.3. The molecule has 0 saturated carbocycles. The molecule has 222 valence electrons. The minimum absolute atomic E-state index is 0.0713. The number of carbonyl (C=O) groups excluding carboxylic acids is 5. The number of carbonyl (C=O) groups is 5. The average molecular weight is 552 g/mol. The van der Waals surface area contributed by atoms with E-state index in [4.69, 9.17) is 14.3 Å². The molecule has 0 aromatic heterocycles. The van der Waals surface area contributed by atoms with Crippen LogP contribution >= 0.6 is 0 Å². The third-order valence-electron chi connectivity index (χ3n) is 6.14. The van der Waals surface area contributed by atoms with Gasteiger partial charge in [0.1, 0.15) is 5.60 Å². The Morgan fingerprint density at radius 1 is 0.795 bits per heavy atom. The van der Waals surface area contributed by atoms with E-state index in [1.54, 1.807) is 20.8 Å². The number of nitrogens with zero attached hydrogens (tertiary/aromatic N) is 1. The first-order chi connectivity index (χ1) is 18.5. The molecular formula is C30H49NO8. The number of unbranched alkanes of at least 4 members (excludes halogenated alkanes) is 11. The molecule has 1 rings (SSSR count). The van der Waals surface area contributed by atoms with Gasteiger partial charge in [0.15, 0.2) is 0 Å². The number of rotatable bonds is 20. The maximum absolute atomic E-state index is 12.6. The van der Waals surface area contributed by atoms with E-state index in [1.165, 1.54) is 38.5 Å². The smallest absolute Gasteiger partial charge is 0.374 e. The van der Waals surface area contributed by atoms with Gasteiger partial charge in [-0.2, -0.15) is 0 Å². The summed E-state index contributed by atoms with van der Waals surface area (Å²) in [6, 6.07) is 0. The topological polar surface area (TPSA) is 116 Å². The van der Waals surface area contributed by atoms with Crippen LogP contribution in [0.3, 0.4) is 0 Å². The van der Waals surface area contributed by atoms with Gasteiger partial charge in [-0.25, -0.2) is 4.79 Å². The van der Waals surface area contributed by atoms with Gasteiger partial charge < -0.3 is 14.3 Å². The minimum atomic E-state index is -1.61. The highest BCUT2D eigenvalue weighted by Crippen LogP contribution is 2.17. The van der Waals surface area contributed by atoms with Crippen molar-refractivity contribution in [1.29, 1.82) is 0 Å². The lowest BCUT2D eigenvalue weighted by Gasteiger charge is -2.22. The molecule has 1 saturated heterocycles. The summed E-state index contributed by atoms with van der Waals surface area (Å²) in [6.45, 7) is 7.23. The zero-order valence-corrected chi connectivity index (χ0v) is 24.5. The summed E-state index contributed by atoms with van der Waals surface area (Å²) in [5.41, 5.74) is -0.805. The molecule has 0 bridgehead atoms. The van der Waals surface area contributed by atoms with Crippen LogP contribution in [0.2, 0.25) is 0 Å². The predicted octanol–water partition coefficient (Wildman–Crippen LogP) is 6.27. The largest absolute Gasteiger partial charge is 0.460 e. The van der Waals surface area contributed by atoms with Crippen molar-refractivity contribution in [3.8, 4) is 0 Å². The summed E-state index contributed by atoms with van der Waals surface area (Å²) in [5.74, 6) is -3.91. The normalized spacial score (nSPS) is 14.6. The Bertz CT molecular complexity index is 798. The van der Waals surface area contributed by atoms with Crippen molar-refractivity contribution in [1.82, 2.24) is 5.06 Å². The number of amides is 2. The maximum Gasteiger partial charge on any atom is 0.374 e. The van der Waals surface area contributed by atoms with E-state index >= 15 is 0 Å². The van der Waals surface area contributed by atoms with E-state index in [9.17, 15) is 24.0 Å². The lowest BCUT2D eigenvalue weighted by Crippen LogP contribution is -2.40. The number of imide groups is 1. The standard InChI is InChI=1S/C30H49NO8/c1-5-6-7-8-9-10-11-12-13-14-15-16-17-18-19-20-27(34)37-24(23-28(35)38-30(2,3)4)29(36)39-31-25(32)21-22-26(31)33/h12-13,24H,5-11,14-23H2,1-4H3/b13-12-/t24-/m0/s1. The molecule has 9 heteroatoms. The number of allylic oxidation sites excluding steroid dienone is 2. The average Bonchev–Trinajstić information content (AvgIpc) is 3.16. The Labute approximate surface area is 233 Å². The van der Waals surface area contributed by atoms with E-state index in [0.717, 1.165) is 38.5 Å². The molecule has 1 aliphatic rings. The van der Waals surface area contributed by atoms with Gasteiger partial charge in [0.25, 0.3) is 11.8 Å². The zero-order chi connectivity index (χ0) is 29.1. The van der Waals surface area contributed by atoms with Crippen LogP contribution in [0.5, 0.6) is 0 Å². The fourth-order valence-corrected chi connectivity index (χ4v) is 4.07. The Hall–Kier alpha value is -2.71. The fraction of sp³-hybridized carbons (Fsp3) is 0.767. The van der Waals surface area contributed by atoms with E-state index in [0.29, 0.717) is 11.5 Å². The predicted molar refractivity (Wildman–Crippen MR) is 147 cm³/mol. The minimum Gasteiger partial charge on any atom is -0.460 e. The monoisotopic (exact) mass is 551 g/mol. The van der Waals surface area contributed by atoms with Crippen molar-refractivity contribution in [2.75, 3.05) is 0 Å². The summed E-state index contributed by atoms with van der Waals surface area (Å²) in [5, 5.41) is 0.363. The molecule has 0 N–H and O–H groups in total. The third-order valence-corrected chi connectivity index (χ3v) is 6.14. The molecule has 0 aromatic rings. The van der Waals surface area contributed by atoms with E-state index in [-0.39, 0.29) is 19.3 Å². The molecule has 1 atom stereocenters. The van der Waals surface area contributed by atoms with Crippen LogP contribution in [0.15, 0.2) is 12.2 Å². The number of ether oxygens (including phenoxy) is 2. The van der Waals surface area contributed by atoms with Gasteiger partial charge in [-0.05, 0) is 52.9 Å². The molecule has 0 aliphatic carbocycles. The highest BCUT2D eigenvalue weighted by atomic mass is 16.7. The quantitative estimate of drug-likeness (QED) is 0.0752. The van der Waals surface area contributed by atoms with Crippen LogP contribution in [0, 0.1) is 0 Å². The summed E-state index contributed by atoms with van der Waals surface area (Å²) >= 11 is 0. The Kier molecular flexibility index (Phi) is 17.0. The van der Waals surface area contributed by atoms with E-state index in [2.05, 4.69) is 19.1 Å². The molecule has 0 unspecified atom stereocenters. The molecule has 1 heterocycles. The van der Waals surface area contributed by atoms with Crippen LogP contribution in [0.1, 0.15) is 137 Å². The van der Waals surface area contributed by atoms with Crippen molar-refractivity contribution in [2.45, 2.75) is 149 Å². The van der Waals surface area contributed by atoms with Crippen LogP contribution in [0.25, 0.3) is 0 Å². The zero-order valence-electron chi connectivity index (χ0n) is 24.5. The first-order valence-electron chi connectivity index (χ1n) is 14.7. The fourth-order valence-electron chi connectivity index (χ4n) is 4.07. The maximum atomic E-state index is 12.6. The number of hydrogen-bond acceptors (Lipinski definition) is 8. The molecule has 1 fully saturated rings. The van der Waals surface area contributed by atoms with Gasteiger partial charge in [-0.15, -0.1) is 5.06 Å². The number of hydroxylamine groups is 2. The second-order valence-electron chi connectivity index (χ2n) is 11.1. The number of esters is 2. The van der Waals surface area contributed by atoms with Gasteiger partial charge in [0, 0.05) is 19.3 Å². The Morgan fingerprint density at radius 2 is 1.31 bits per heavy atom. The van der Waals surface area contributed by atoms with Gasteiger partial charge in [-0.3, -0.25) is 19.2 Å². The number of hydrogen-bond donors (Lipinski definition) is 0.